The number of anilines is 1. The van der Waals surface area contributed by atoms with Gasteiger partial charge in [-0.3, -0.25) is 4.98 Å². The van der Waals surface area contributed by atoms with E-state index in [2.05, 4.69) is 4.98 Å². The van der Waals surface area contributed by atoms with Gasteiger partial charge in [0.05, 0.1) is 11.6 Å². The van der Waals surface area contributed by atoms with Crippen LogP contribution in [0.1, 0.15) is 18.1 Å². The molecule has 3 nitrogen and oxygen atoms in total. The number of rotatable bonds is 4. The second-order valence-electron chi connectivity index (χ2n) is 4.27. The van der Waals surface area contributed by atoms with Crippen LogP contribution >= 0.6 is 0 Å². The number of nitriles is 1. The van der Waals surface area contributed by atoms with Gasteiger partial charge in [0, 0.05) is 25.5 Å². The number of hydrogen-bond donors (Lipinski definition) is 0. The van der Waals surface area contributed by atoms with Gasteiger partial charge in [-0.15, -0.1) is 0 Å². The molecule has 2 aromatic rings. The minimum Gasteiger partial charge on any atom is -0.363 e. The van der Waals surface area contributed by atoms with E-state index < -0.39 is 11.6 Å². The van der Waals surface area contributed by atoms with Crippen LogP contribution in [0.15, 0.2) is 36.7 Å². The fourth-order valence-electron chi connectivity index (χ4n) is 1.99. The quantitative estimate of drug-likeness (QED) is 0.858. The molecular formula is C15H13F2N3. The highest BCUT2D eigenvalue weighted by Gasteiger charge is 2.17. The first-order valence-electron chi connectivity index (χ1n) is 6.18. The zero-order valence-corrected chi connectivity index (χ0v) is 11.0. The maximum atomic E-state index is 14.0. The normalized spacial score (nSPS) is 10.1. The molecule has 20 heavy (non-hydrogen) atoms. The van der Waals surface area contributed by atoms with Crippen molar-refractivity contribution in [3.05, 3.63) is 59.4 Å². The first-order chi connectivity index (χ1) is 9.65. The van der Waals surface area contributed by atoms with Crippen LogP contribution in [0.2, 0.25) is 0 Å². The van der Waals surface area contributed by atoms with Gasteiger partial charge in [0.2, 0.25) is 0 Å². The third-order valence-corrected chi connectivity index (χ3v) is 2.97. The molecule has 2 rings (SSSR count). The van der Waals surface area contributed by atoms with E-state index in [4.69, 9.17) is 5.26 Å². The molecule has 0 unspecified atom stereocenters. The van der Waals surface area contributed by atoms with Crippen molar-refractivity contribution in [2.24, 2.45) is 0 Å². The predicted molar refractivity (Wildman–Crippen MR) is 72.0 cm³/mol. The number of halogens is 2. The molecule has 0 saturated carbocycles. The van der Waals surface area contributed by atoms with Crippen LogP contribution in [0.3, 0.4) is 0 Å². The largest absolute Gasteiger partial charge is 0.363 e. The Labute approximate surface area is 116 Å². The van der Waals surface area contributed by atoms with E-state index in [1.54, 1.807) is 35.5 Å². The minimum atomic E-state index is -0.725. The highest BCUT2D eigenvalue weighted by atomic mass is 19.1. The summed E-state index contributed by atoms with van der Waals surface area (Å²) in [5.74, 6) is -1.45. The zero-order chi connectivity index (χ0) is 14.5. The van der Waals surface area contributed by atoms with Gasteiger partial charge in [0.25, 0.3) is 0 Å². The molecule has 5 heteroatoms. The van der Waals surface area contributed by atoms with E-state index in [1.165, 1.54) is 0 Å². The summed E-state index contributed by atoms with van der Waals surface area (Å²) in [6, 6.07) is 7.42. The van der Waals surface area contributed by atoms with Crippen LogP contribution in [0, 0.1) is 23.0 Å². The number of aromatic nitrogens is 1. The van der Waals surface area contributed by atoms with E-state index in [-0.39, 0.29) is 11.3 Å². The lowest BCUT2D eigenvalue weighted by molar-refractivity contribution is 0.570. The molecule has 0 aliphatic heterocycles. The molecule has 0 spiro atoms. The van der Waals surface area contributed by atoms with Gasteiger partial charge in [0.1, 0.15) is 5.69 Å². The topological polar surface area (TPSA) is 39.9 Å². The maximum absolute atomic E-state index is 14.0. The van der Waals surface area contributed by atoms with Crippen LogP contribution < -0.4 is 4.90 Å². The molecule has 1 aromatic heterocycles. The second kappa shape index (κ2) is 6.11. The highest BCUT2D eigenvalue weighted by molar-refractivity contribution is 5.52. The predicted octanol–water partition coefficient (Wildman–Crippen LogP) is 3.26. The second-order valence-corrected chi connectivity index (χ2v) is 4.27. The molecular weight excluding hydrogens is 260 g/mol. The molecule has 1 aromatic carbocycles. The summed E-state index contributed by atoms with van der Waals surface area (Å²) in [7, 11) is 0. The van der Waals surface area contributed by atoms with Crippen molar-refractivity contribution < 1.29 is 8.78 Å². The summed E-state index contributed by atoms with van der Waals surface area (Å²) in [6.45, 7) is 2.64. The minimum absolute atomic E-state index is 0.0243. The van der Waals surface area contributed by atoms with Crippen LogP contribution in [0.5, 0.6) is 0 Å². The summed E-state index contributed by atoms with van der Waals surface area (Å²) in [6.07, 6.45) is 3.27. The maximum Gasteiger partial charge on any atom is 0.150 e. The average Bonchev–Trinajstić information content (AvgIpc) is 2.46. The smallest absolute Gasteiger partial charge is 0.150 e. The fraction of sp³-hybridized carbons (Fsp3) is 0.200. The lowest BCUT2D eigenvalue weighted by Gasteiger charge is -2.24. The summed E-state index contributed by atoms with van der Waals surface area (Å²) in [5.41, 5.74) is 0.775. The Balaban J connectivity index is 2.35. The van der Waals surface area contributed by atoms with Crippen molar-refractivity contribution in [2.45, 2.75) is 13.5 Å². The summed E-state index contributed by atoms with van der Waals surface area (Å²) in [5, 5.41) is 8.70. The van der Waals surface area contributed by atoms with Gasteiger partial charge in [0.15, 0.2) is 11.6 Å². The fourth-order valence-corrected chi connectivity index (χ4v) is 1.99. The molecule has 0 atom stereocenters. The monoisotopic (exact) mass is 273 g/mol. The average molecular weight is 273 g/mol. The van der Waals surface area contributed by atoms with Crippen LogP contribution in [-0.4, -0.2) is 11.5 Å². The number of pyridine rings is 1. The van der Waals surface area contributed by atoms with Crippen molar-refractivity contribution in [3.63, 3.8) is 0 Å². The molecule has 0 aliphatic rings. The van der Waals surface area contributed by atoms with Gasteiger partial charge >= 0.3 is 0 Å². The molecule has 0 amide bonds. The summed E-state index contributed by atoms with van der Waals surface area (Å²) in [4.78, 5) is 5.49. The molecule has 0 aliphatic carbocycles. The molecule has 0 bridgehead atoms. The summed E-state index contributed by atoms with van der Waals surface area (Å²) >= 11 is 0. The van der Waals surface area contributed by atoms with E-state index in [0.29, 0.717) is 13.1 Å². The van der Waals surface area contributed by atoms with Gasteiger partial charge in [-0.05, 0) is 36.8 Å². The Kier molecular flexibility index (Phi) is 4.26. The highest BCUT2D eigenvalue weighted by Crippen LogP contribution is 2.26. The van der Waals surface area contributed by atoms with E-state index in [0.717, 1.165) is 17.7 Å². The van der Waals surface area contributed by atoms with Gasteiger partial charge < -0.3 is 4.90 Å². The van der Waals surface area contributed by atoms with E-state index in [1.807, 2.05) is 6.92 Å². The molecule has 1 heterocycles. The van der Waals surface area contributed by atoms with Crippen LogP contribution in [0.25, 0.3) is 0 Å². The van der Waals surface area contributed by atoms with Crippen molar-refractivity contribution in [1.29, 1.82) is 5.26 Å². The standard InChI is InChI=1S/C15H13F2N3/c1-2-20(10-11-3-5-19-6-4-11)15-13(16)7-12(9-18)8-14(15)17/h3-8H,2,10H2,1H3. The zero-order valence-electron chi connectivity index (χ0n) is 11.0. The Hall–Kier alpha value is -2.48. The Morgan fingerprint density at radius 3 is 2.30 bits per heavy atom. The third kappa shape index (κ3) is 2.91. The molecule has 0 radical (unpaired) electrons. The Morgan fingerprint density at radius 1 is 1.20 bits per heavy atom. The van der Waals surface area contributed by atoms with E-state index >= 15 is 0 Å². The molecule has 0 N–H and O–H groups in total. The van der Waals surface area contributed by atoms with Crippen molar-refractivity contribution >= 4 is 5.69 Å². The molecule has 102 valence electrons. The number of hydrogen-bond acceptors (Lipinski definition) is 3. The van der Waals surface area contributed by atoms with Gasteiger partial charge in [-0.2, -0.15) is 5.26 Å². The Morgan fingerprint density at radius 2 is 1.80 bits per heavy atom. The number of nitrogens with zero attached hydrogens (tertiary/aromatic N) is 3. The van der Waals surface area contributed by atoms with Gasteiger partial charge in [-0.25, -0.2) is 8.78 Å². The first kappa shape index (κ1) is 13.9. The van der Waals surface area contributed by atoms with Crippen molar-refractivity contribution in [1.82, 2.24) is 4.98 Å². The molecule has 0 saturated heterocycles. The van der Waals surface area contributed by atoms with E-state index in [9.17, 15) is 8.78 Å². The van der Waals surface area contributed by atoms with Crippen molar-refractivity contribution in [2.75, 3.05) is 11.4 Å². The lowest BCUT2D eigenvalue weighted by Crippen LogP contribution is -2.24. The summed E-state index contributed by atoms with van der Waals surface area (Å²) < 4.78 is 28.0. The van der Waals surface area contributed by atoms with Crippen molar-refractivity contribution in [3.8, 4) is 6.07 Å². The van der Waals surface area contributed by atoms with Gasteiger partial charge in [-0.1, -0.05) is 0 Å². The van der Waals surface area contributed by atoms with Crippen LogP contribution in [0.4, 0.5) is 14.5 Å². The number of benzene rings is 1. The SMILES string of the molecule is CCN(Cc1ccncc1)c1c(F)cc(C#N)cc1F. The lowest BCUT2D eigenvalue weighted by atomic mass is 10.1. The molecule has 0 fully saturated rings. The Bertz CT molecular complexity index is 612. The van der Waals surface area contributed by atoms with Crippen LogP contribution in [-0.2, 0) is 6.54 Å². The third-order valence-electron chi connectivity index (χ3n) is 2.97. The first-order valence-corrected chi connectivity index (χ1v) is 6.18.